The molecule has 1 aliphatic heterocycles. The number of rotatable bonds is 7. The maximum atomic E-state index is 12.5. The fourth-order valence-corrected chi connectivity index (χ4v) is 4.56. The number of carbonyl (C=O) groups excluding carboxylic acids is 1. The zero-order chi connectivity index (χ0) is 22.5. The predicted octanol–water partition coefficient (Wildman–Crippen LogP) is 6.18. The Hall–Kier alpha value is -1.46. The van der Waals surface area contributed by atoms with Crippen LogP contribution in [0.3, 0.4) is 0 Å². The molecule has 0 radical (unpaired) electrons. The van der Waals surface area contributed by atoms with Crippen LogP contribution >= 0.6 is 0 Å². The molecule has 1 amide bonds. The van der Waals surface area contributed by atoms with E-state index in [0.29, 0.717) is 32.0 Å². The van der Waals surface area contributed by atoms with Crippen LogP contribution in [0, 0.1) is 17.3 Å². The van der Waals surface area contributed by atoms with Gasteiger partial charge < -0.3 is 14.4 Å². The molecule has 3 atom stereocenters. The second-order valence-electron chi connectivity index (χ2n) is 10.9. The molecule has 0 aromatic rings. The van der Waals surface area contributed by atoms with E-state index in [1.54, 1.807) is 4.90 Å². The molecule has 0 N–H and O–H groups in total. The number of ether oxygens (including phenoxy) is 2. The molecule has 0 aliphatic carbocycles. The predicted molar refractivity (Wildman–Crippen MR) is 117 cm³/mol. The van der Waals surface area contributed by atoms with Crippen molar-refractivity contribution in [2.75, 3.05) is 19.6 Å². The topological polar surface area (TPSA) is 87.5 Å². The van der Waals surface area contributed by atoms with E-state index < -0.39 is 5.60 Å². The molecule has 0 aromatic carbocycles. The van der Waals surface area contributed by atoms with Gasteiger partial charge in [-0.2, -0.15) is 0 Å². The summed E-state index contributed by atoms with van der Waals surface area (Å²) in [6, 6.07) is 0. The van der Waals surface area contributed by atoms with Gasteiger partial charge in [-0.3, -0.25) is 0 Å². The fourth-order valence-electron chi connectivity index (χ4n) is 4.56. The lowest BCUT2D eigenvalue weighted by atomic mass is 9.69. The standard InChI is InChI=1S/C22H42N4O3/c1-10-11-18(20(2,3)4)22(8,9)28-17-12-13-26(15-16(17)14-24-25-23)19(27)29-21(5,6)7/h16-18H,10-15H2,1-9H3. The Bertz CT molecular complexity index is 586. The van der Waals surface area contributed by atoms with E-state index in [1.807, 2.05) is 20.8 Å². The second kappa shape index (κ2) is 10.0. The smallest absolute Gasteiger partial charge is 0.410 e. The Kier molecular flexibility index (Phi) is 8.85. The molecule has 1 aliphatic rings. The second-order valence-corrected chi connectivity index (χ2v) is 10.9. The molecule has 0 bridgehead atoms. The van der Waals surface area contributed by atoms with Crippen LogP contribution in [0.2, 0.25) is 0 Å². The molecular weight excluding hydrogens is 368 g/mol. The minimum absolute atomic E-state index is 0.0475. The zero-order valence-electron chi connectivity index (χ0n) is 20.0. The molecule has 7 nitrogen and oxygen atoms in total. The van der Waals surface area contributed by atoms with Gasteiger partial charge in [0.25, 0.3) is 0 Å². The van der Waals surface area contributed by atoms with Crippen molar-refractivity contribution >= 4 is 6.09 Å². The largest absolute Gasteiger partial charge is 0.444 e. The van der Waals surface area contributed by atoms with Crippen LogP contribution in [-0.2, 0) is 9.47 Å². The van der Waals surface area contributed by atoms with Crippen LogP contribution in [0.1, 0.15) is 81.6 Å². The first-order valence-electron chi connectivity index (χ1n) is 10.9. The van der Waals surface area contributed by atoms with Crippen molar-refractivity contribution in [2.24, 2.45) is 22.4 Å². The molecule has 0 aromatic heterocycles. The molecule has 1 heterocycles. The molecule has 7 heteroatoms. The van der Waals surface area contributed by atoms with Crippen molar-refractivity contribution in [3.05, 3.63) is 10.4 Å². The van der Waals surface area contributed by atoms with Gasteiger partial charge in [0.05, 0.1) is 11.7 Å². The normalized spacial score (nSPS) is 22.0. The summed E-state index contributed by atoms with van der Waals surface area (Å²) in [5, 5.41) is 3.80. The summed E-state index contributed by atoms with van der Waals surface area (Å²) in [6.45, 7) is 20.3. The van der Waals surface area contributed by atoms with E-state index in [4.69, 9.17) is 15.0 Å². The lowest BCUT2D eigenvalue weighted by Gasteiger charge is -2.47. The lowest BCUT2D eigenvalue weighted by molar-refractivity contribution is -0.159. The summed E-state index contributed by atoms with van der Waals surface area (Å²) in [5.74, 6) is 0.345. The quantitative estimate of drug-likeness (QED) is 0.285. The first kappa shape index (κ1) is 25.6. The number of hydrogen-bond acceptors (Lipinski definition) is 4. The SMILES string of the molecule is CCCC(C(C)(C)C)C(C)(C)OC1CCN(C(=O)OC(C)(C)C)CC1CN=[N+]=[N-]. The fraction of sp³-hybridized carbons (Fsp3) is 0.955. The Labute approximate surface area is 177 Å². The number of azide groups is 1. The maximum absolute atomic E-state index is 12.5. The average molecular weight is 411 g/mol. The monoisotopic (exact) mass is 410 g/mol. The van der Waals surface area contributed by atoms with Crippen LogP contribution in [0.15, 0.2) is 5.11 Å². The minimum atomic E-state index is -0.535. The van der Waals surface area contributed by atoms with E-state index in [-0.39, 0.29) is 29.1 Å². The Balaban J connectivity index is 2.96. The third-order valence-electron chi connectivity index (χ3n) is 5.61. The van der Waals surface area contributed by atoms with Crippen LogP contribution in [0.4, 0.5) is 4.79 Å². The van der Waals surface area contributed by atoms with Gasteiger partial charge in [0, 0.05) is 30.5 Å². The molecule has 168 valence electrons. The third kappa shape index (κ3) is 8.06. The molecule has 1 fully saturated rings. The van der Waals surface area contributed by atoms with Crippen LogP contribution < -0.4 is 0 Å². The maximum Gasteiger partial charge on any atom is 0.410 e. The van der Waals surface area contributed by atoms with Crippen molar-refractivity contribution in [1.29, 1.82) is 0 Å². The van der Waals surface area contributed by atoms with Crippen LogP contribution in [-0.4, -0.2) is 47.9 Å². The van der Waals surface area contributed by atoms with Gasteiger partial charge in [-0.25, -0.2) is 4.79 Å². The summed E-state index contributed by atoms with van der Waals surface area (Å²) in [6.07, 6.45) is 2.52. The molecule has 0 spiro atoms. The van der Waals surface area contributed by atoms with Gasteiger partial charge >= 0.3 is 6.09 Å². The highest BCUT2D eigenvalue weighted by atomic mass is 16.6. The van der Waals surface area contributed by atoms with E-state index in [0.717, 1.165) is 12.8 Å². The van der Waals surface area contributed by atoms with Crippen LogP contribution in [0.25, 0.3) is 10.4 Å². The first-order chi connectivity index (χ1) is 13.2. The molecule has 3 unspecified atom stereocenters. The van der Waals surface area contributed by atoms with Crippen molar-refractivity contribution in [1.82, 2.24) is 4.90 Å². The first-order valence-corrected chi connectivity index (χ1v) is 10.9. The third-order valence-corrected chi connectivity index (χ3v) is 5.61. The van der Waals surface area contributed by atoms with Crippen molar-refractivity contribution in [3.8, 4) is 0 Å². The van der Waals surface area contributed by atoms with Crippen LogP contribution in [0.5, 0.6) is 0 Å². The molecule has 29 heavy (non-hydrogen) atoms. The Morgan fingerprint density at radius 3 is 2.31 bits per heavy atom. The molecular formula is C22H42N4O3. The van der Waals surface area contributed by atoms with E-state index in [9.17, 15) is 4.79 Å². The van der Waals surface area contributed by atoms with E-state index in [2.05, 4.69) is 51.6 Å². The van der Waals surface area contributed by atoms with Crippen molar-refractivity contribution in [3.63, 3.8) is 0 Å². The summed E-state index contributed by atoms with van der Waals surface area (Å²) >= 11 is 0. The number of nitrogens with zero attached hydrogens (tertiary/aromatic N) is 4. The zero-order valence-corrected chi connectivity index (χ0v) is 20.0. The van der Waals surface area contributed by atoms with Gasteiger partial charge in [0.15, 0.2) is 0 Å². The van der Waals surface area contributed by atoms with Crippen molar-refractivity contribution in [2.45, 2.75) is 98.9 Å². The van der Waals surface area contributed by atoms with Gasteiger partial charge in [-0.15, -0.1) is 0 Å². The van der Waals surface area contributed by atoms with Gasteiger partial charge in [0.1, 0.15) is 5.60 Å². The summed E-state index contributed by atoms with van der Waals surface area (Å²) in [7, 11) is 0. The van der Waals surface area contributed by atoms with Crippen molar-refractivity contribution < 1.29 is 14.3 Å². The number of piperidine rings is 1. The highest BCUT2D eigenvalue weighted by Gasteiger charge is 2.42. The minimum Gasteiger partial charge on any atom is -0.444 e. The lowest BCUT2D eigenvalue weighted by Crippen LogP contribution is -2.53. The molecule has 1 rings (SSSR count). The number of carbonyl (C=O) groups is 1. The number of hydrogen-bond donors (Lipinski definition) is 0. The number of likely N-dealkylation sites (tertiary alicyclic amines) is 1. The van der Waals surface area contributed by atoms with E-state index in [1.165, 1.54) is 0 Å². The van der Waals surface area contributed by atoms with Gasteiger partial charge in [-0.1, -0.05) is 39.2 Å². The summed E-state index contributed by atoms with van der Waals surface area (Å²) in [4.78, 5) is 17.1. The molecule has 0 saturated carbocycles. The highest BCUT2D eigenvalue weighted by molar-refractivity contribution is 5.68. The Morgan fingerprint density at radius 2 is 1.83 bits per heavy atom. The van der Waals surface area contributed by atoms with Gasteiger partial charge in [-0.05, 0) is 64.3 Å². The van der Waals surface area contributed by atoms with Gasteiger partial charge in [0.2, 0.25) is 0 Å². The molecule has 1 saturated heterocycles. The summed E-state index contributed by atoms with van der Waals surface area (Å²) in [5.41, 5.74) is 8.09. The highest BCUT2D eigenvalue weighted by Crippen LogP contribution is 2.42. The Morgan fingerprint density at radius 1 is 1.21 bits per heavy atom. The average Bonchev–Trinajstić information content (AvgIpc) is 2.55. The number of amides is 1. The summed E-state index contributed by atoms with van der Waals surface area (Å²) < 4.78 is 12.2. The van der Waals surface area contributed by atoms with E-state index >= 15 is 0 Å².